The number of benzene rings is 1. The molecule has 0 aliphatic carbocycles. The normalized spacial score (nSPS) is 17.9. The minimum Gasteiger partial charge on any atom is -0.423 e. The highest BCUT2D eigenvalue weighted by atomic mass is 16.4. The Bertz CT molecular complexity index is 551. The molecule has 5 heteroatoms. The van der Waals surface area contributed by atoms with Gasteiger partial charge in [-0.1, -0.05) is 12.1 Å². The van der Waals surface area contributed by atoms with Gasteiger partial charge in [0.05, 0.1) is 0 Å². The molecule has 0 unspecified atom stereocenters. The molecule has 1 aliphatic rings. The molecule has 2 aromatic rings. The van der Waals surface area contributed by atoms with Gasteiger partial charge in [0.2, 0.25) is 0 Å². The number of anilines is 1. The number of oxazole rings is 1. The molecule has 1 fully saturated rings. The second kappa shape index (κ2) is 5.07. The molecule has 1 aromatic carbocycles. The van der Waals surface area contributed by atoms with Gasteiger partial charge in [0.15, 0.2) is 5.58 Å². The maximum atomic E-state index is 5.85. The topological polar surface area (TPSA) is 58.5 Å². The Morgan fingerprint density at radius 1 is 1.20 bits per heavy atom. The molecule has 3 rings (SSSR count). The molecule has 108 valence electrons. The number of hydrogen-bond donors (Lipinski definition) is 1. The number of para-hydroxylation sites is 2. The number of hydrogen-bond acceptors (Lipinski definition) is 5. The molecule has 1 aromatic heterocycles. The lowest BCUT2D eigenvalue weighted by atomic mass is 10.0. The van der Waals surface area contributed by atoms with Gasteiger partial charge >= 0.3 is 0 Å². The lowest BCUT2D eigenvalue weighted by molar-refractivity contribution is 0.117. The van der Waals surface area contributed by atoms with Gasteiger partial charge < -0.3 is 15.1 Å². The van der Waals surface area contributed by atoms with E-state index in [-0.39, 0.29) is 5.54 Å². The zero-order chi connectivity index (χ0) is 14.2. The molecule has 2 N–H and O–H groups in total. The van der Waals surface area contributed by atoms with Gasteiger partial charge in [-0.2, -0.15) is 4.98 Å². The van der Waals surface area contributed by atoms with E-state index in [1.165, 1.54) is 0 Å². The van der Waals surface area contributed by atoms with Crippen molar-refractivity contribution in [3.05, 3.63) is 24.3 Å². The Morgan fingerprint density at radius 3 is 2.55 bits per heavy atom. The predicted molar refractivity (Wildman–Crippen MR) is 80.9 cm³/mol. The lowest BCUT2D eigenvalue weighted by Gasteiger charge is -2.43. The van der Waals surface area contributed by atoms with Gasteiger partial charge in [-0.05, 0) is 26.0 Å². The predicted octanol–water partition coefficient (Wildman–Crippen LogP) is 1.69. The van der Waals surface area contributed by atoms with E-state index in [0.717, 1.165) is 43.3 Å². The van der Waals surface area contributed by atoms with Crippen LogP contribution in [0.15, 0.2) is 28.7 Å². The highest BCUT2D eigenvalue weighted by Crippen LogP contribution is 2.24. The van der Waals surface area contributed by atoms with Crippen LogP contribution in [-0.2, 0) is 0 Å². The Balaban J connectivity index is 1.72. The van der Waals surface area contributed by atoms with Crippen LogP contribution in [0.3, 0.4) is 0 Å². The van der Waals surface area contributed by atoms with Crippen molar-refractivity contribution in [2.45, 2.75) is 19.4 Å². The third kappa shape index (κ3) is 2.39. The van der Waals surface area contributed by atoms with Crippen molar-refractivity contribution in [3.8, 4) is 0 Å². The Hall–Kier alpha value is -1.59. The summed E-state index contributed by atoms with van der Waals surface area (Å²) in [6, 6.07) is 8.63. The summed E-state index contributed by atoms with van der Waals surface area (Å²) >= 11 is 0. The molecule has 0 atom stereocenters. The summed E-state index contributed by atoms with van der Waals surface area (Å²) in [5.74, 6) is 0. The summed E-state index contributed by atoms with van der Waals surface area (Å²) in [6.45, 7) is 8.90. The minimum atomic E-state index is 0.0629. The van der Waals surface area contributed by atoms with Crippen molar-refractivity contribution in [3.63, 3.8) is 0 Å². The number of aromatic nitrogens is 1. The highest BCUT2D eigenvalue weighted by Gasteiger charge is 2.29. The van der Waals surface area contributed by atoms with Crippen LogP contribution < -0.4 is 10.6 Å². The van der Waals surface area contributed by atoms with Crippen molar-refractivity contribution in [1.29, 1.82) is 0 Å². The van der Waals surface area contributed by atoms with E-state index < -0.39 is 0 Å². The average Bonchev–Trinajstić information content (AvgIpc) is 2.91. The molecular formula is C15H22N4O. The third-order valence-corrected chi connectivity index (χ3v) is 4.19. The zero-order valence-electron chi connectivity index (χ0n) is 12.2. The molecule has 1 saturated heterocycles. The fourth-order valence-electron chi connectivity index (χ4n) is 2.63. The Labute approximate surface area is 119 Å². The highest BCUT2D eigenvalue weighted by molar-refractivity contribution is 5.74. The smallest absolute Gasteiger partial charge is 0.298 e. The summed E-state index contributed by atoms with van der Waals surface area (Å²) in [4.78, 5) is 9.21. The first kappa shape index (κ1) is 13.4. The molecule has 0 bridgehead atoms. The van der Waals surface area contributed by atoms with Crippen LogP contribution in [0.5, 0.6) is 0 Å². The van der Waals surface area contributed by atoms with Crippen LogP contribution in [0.25, 0.3) is 11.1 Å². The van der Waals surface area contributed by atoms with Crippen LogP contribution in [-0.4, -0.2) is 48.1 Å². The van der Waals surface area contributed by atoms with E-state index in [2.05, 4.69) is 28.6 Å². The fourth-order valence-corrected chi connectivity index (χ4v) is 2.63. The molecular weight excluding hydrogens is 252 g/mol. The quantitative estimate of drug-likeness (QED) is 0.923. The van der Waals surface area contributed by atoms with Crippen LogP contribution in [0.4, 0.5) is 6.01 Å². The van der Waals surface area contributed by atoms with E-state index in [0.29, 0.717) is 6.54 Å². The van der Waals surface area contributed by atoms with Crippen LogP contribution >= 0.6 is 0 Å². The molecule has 5 nitrogen and oxygen atoms in total. The first-order chi connectivity index (χ1) is 9.60. The first-order valence-corrected chi connectivity index (χ1v) is 7.16. The van der Waals surface area contributed by atoms with Crippen molar-refractivity contribution in [1.82, 2.24) is 9.88 Å². The van der Waals surface area contributed by atoms with Gasteiger partial charge in [-0.3, -0.25) is 4.90 Å². The molecule has 20 heavy (non-hydrogen) atoms. The van der Waals surface area contributed by atoms with Gasteiger partial charge in [-0.25, -0.2) is 0 Å². The summed E-state index contributed by atoms with van der Waals surface area (Å²) in [5.41, 5.74) is 7.69. The molecule has 0 amide bonds. The van der Waals surface area contributed by atoms with Gasteiger partial charge in [0.1, 0.15) is 5.52 Å². The van der Waals surface area contributed by atoms with Gasteiger partial charge in [-0.15, -0.1) is 0 Å². The second-order valence-electron chi connectivity index (χ2n) is 5.95. The van der Waals surface area contributed by atoms with Crippen molar-refractivity contribution < 1.29 is 4.42 Å². The van der Waals surface area contributed by atoms with Crippen molar-refractivity contribution >= 4 is 17.1 Å². The second-order valence-corrected chi connectivity index (χ2v) is 5.95. The summed E-state index contributed by atoms with van der Waals surface area (Å²) in [5, 5.41) is 0. The molecule has 0 saturated carbocycles. The lowest BCUT2D eigenvalue weighted by Crippen LogP contribution is -2.57. The number of nitrogens with zero attached hydrogens (tertiary/aromatic N) is 3. The van der Waals surface area contributed by atoms with E-state index in [4.69, 9.17) is 10.2 Å². The maximum absolute atomic E-state index is 5.85. The van der Waals surface area contributed by atoms with E-state index in [9.17, 15) is 0 Å². The zero-order valence-corrected chi connectivity index (χ0v) is 12.2. The largest absolute Gasteiger partial charge is 0.423 e. The van der Waals surface area contributed by atoms with Crippen LogP contribution in [0.1, 0.15) is 13.8 Å². The maximum Gasteiger partial charge on any atom is 0.298 e. The van der Waals surface area contributed by atoms with Crippen molar-refractivity contribution in [2.75, 3.05) is 37.6 Å². The first-order valence-electron chi connectivity index (χ1n) is 7.16. The summed E-state index contributed by atoms with van der Waals surface area (Å²) < 4.78 is 5.83. The minimum absolute atomic E-state index is 0.0629. The number of fused-ring (bicyclic) bond motifs is 1. The van der Waals surface area contributed by atoms with Crippen molar-refractivity contribution in [2.24, 2.45) is 5.73 Å². The third-order valence-electron chi connectivity index (χ3n) is 4.19. The number of rotatable bonds is 3. The summed E-state index contributed by atoms with van der Waals surface area (Å²) in [6.07, 6.45) is 0. The van der Waals surface area contributed by atoms with Gasteiger partial charge in [0.25, 0.3) is 6.01 Å². The monoisotopic (exact) mass is 274 g/mol. The fraction of sp³-hybridized carbons (Fsp3) is 0.533. The van der Waals surface area contributed by atoms with E-state index in [1.54, 1.807) is 0 Å². The molecule has 0 spiro atoms. The average molecular weight is 274 g/mol. The molecule has 2 heterocycles. The van der Waals surface area contributed by atoms with Crippen LogP contribution in [0, 0.1) is 0 Å². The number of nitrogens with two attached hydrogens (primary N) is 1. The Kier molecular flexibility index (Phi) is 3.40. The standard InChI is InChI=1S/C15H22N4O/c1-15(2,11-16)19-9-7-18(8-10-19)14-17-12-5-3-4-6-13(12)20-14/h3-6H,7-11,16H2,1-2H3. The van der Waals surface area contributed by atoms with E-state index in [1.807, 2.05) is 24.3 Å². The van der Waals surface area contributed by atoms with Gasteiger partial charge in [0, 0.05) is 38.3 Å². The number of piperazine rings is 1. The SMILES string of the molecule is CC(C)(CN)N1CCN(c2nc3ccccc3o2)CC1. The molecule has 1 aliphatic heterocycles. The molecule has 0 radical (unpaired) electrons. The van der Waals surface area contributed by atoms with Crippen LogP contribution in [0.2, 0.25) is 0 Å². The summed E-state index contributed by atoms with van der Waals surface area (Å²) in [7, 11) is 0. The Morgan fingerprint density at radius 2 is 1.90 bits per heavy atom. The van der Waals surface area contributed by atoms with E-state index >= 15 is 0 Å².